The van der Waals surface area contributed by atoms with Gasteiger partial charge < -0.3 is 10.4 Å². The fourth-order valence-electron chi connectivity index (χ4n) is 2.39. The Morgan fingerprint density at radius 3 is 2.05 bits per heavy atom. The number of rotatable bonds is 11. The van der Waals surface area contributed by atoms with E-state index in [0.29, 0.717) is 13.1 Å². The maximum Gasteiger partial charge on any atom is 0.401 e. The van der Waals surface area contributed by atoms with E-state index in [2.05, 4.69) is 12.2 Å². The largest absolute Gasteiger partial charge is 0.401 e. The van der Waals surface area contributed by atoms with Crippen molar-refractivity contribution in [3.63, 3.8) is 0 Å². The van der Waals surface area contributed by atoms with Gasteiger partial charge >= 0.3 is 6.18 Å². The van der Waals surface area contributed by atoms with Crippen LogP contribution in [0.25, 0.3) is 0 Å². The Bertz CT molecular complexity index is 243. The van der Waals surface area contributed by atoms with Crippen molar-refractivity contribution in [1.82, 2.24) is 10.2 Å². The minimum atomic E-state index is -4.22. The van der Waals surface area contributed by atoms with Crippen LogP contribution in [0, 0.1) is 5.41 Å². The van der Waals surface area contributed by atoms with E-state index in [1.54, 1.807) is 0 Å². The average Bonchev–Trinajstić information content (AvgIpc) is 2.36. The van der Waals surface area contributed by atoms with Crippen molar-refractivity contribution in [1.29, 1.82) is 0 Å². The summed E-state index contributed by atoms with van der Waals surface area (Å²) in [6.07, 6.45) is -1.58. The molecule has 0 spiro atoms. The lowest BCUT2D eigenvalue weighted by Crippen LogP contribution is -2.47. The molecule has 2 N–H and O–H groups in total. The van der Waals surface area contributed by atoms with Crippen LogP contribution in [0.4, 0.5) is 13.2 Å². The minimum Gasteiger partial charge on any atom is -0.395 e. The first-order valence-corrected chi connectivity index (χ1v) is 7.43. The lowest BCUT2D eigenvalue weighted by atomic mass is 9.81. The Hall–Kier alpha value is -0.330. The molecule has 0 aliphatic rings. The van der Waals surface area contributed by atoms with Gasteiger partial charge in [-0.15, -0.1) is 0 Å². The summed E-state index contributed by atoms with van der Waals surface area (Å²) in [5, 5.41) is 12.3. The highest BCUT2D eigenvalue weighted by Gasteiger charge is 2.35. The molecule has 0 unspecified atom stereocenters. The fraction of sp³-hybridized carbons (Fsp3) is 1.00. The predicted molar refractivity (Wildman–Crippen MR) is 75.8 cm³/mol. The molecule has 0 bridgehead atoms. The van der Waals surface area contributed by atoms with Crippen LogP contribution in [0.1, 0.15) is 40.0 Å². The zero-order valence-electron chi connectivity index (χ0n) is 12.9. The highest BCUT2D eigenvalue weighted by atomic mass is 19.4. The molecule has 3 nitrogen and oxygen atoms in total. The molecule has 0 aliphatic heterocycles. The number of nitrogens with zero attached hydrogens (tertiary/aromatic N) is 1. The molecular weight excluding hydrogens is 269 g/mol. The second kappa shape index (κ2) is 9.58. The minimum absolute atomic E-state index is 0.0645. The fourth-order valence-corrected chi connectivity index (χ4v) is 2.39. The van der Waals surface area contributed by atoms with Gasteiger partial charge in [-0.3, -0.25) is 4.90 Å². The van der Waals surface area contributed by atoms with E-state index in [4.69, 9.17) is 5.11 Å². The molecule has 0 aromatic carbocycles. The summed E-state index contributed by atoms with van der Waals surface area (Å²) in [5.74, 6) is 0. The van der Waals surface area contributed by atoms with Crippen molar-refractivity contribution in [3.05, 3.63) is 0 Å². The van der Waals surface area contributed by atoms with Crippen LogP contribution in [0.15, 0.2) is 0 Å². The molecule has 0 amide bonds. The van der Waals surface area contributed by atoms with Gasteiger partial charge in [0.15, 0.2) is 0 Å². The van der Waals surface area contributed by atoms with E-state index in [9.17, 15) is 13.2 Å². The summed E-state index contributed by atoms with van der Waals surface area (Å²) in [5.41, 5.74) is -0.171. The van der Waals surface area contributed by atoms with Crippen molar-refractivity contribution in [2.24, 2.45) is 5.41 Å². The number of nitrogens with one attached hydrogen (secondary N) is 1. The molecular formula is C14H29F3N2O. The van der Waals surface area contributed by atoms with Gasteiger partial charge in [0.2, 0.25) is 0 Å². The molecule has 0 radical (unpaired) electrons. The Labute approximate surface area is 120 Å². The van der Waals surface area contributed by atoms with Crippen molar-refractivity contribution >= 4 is 0 Å². The van der Waals surface area contributed by atoms with E-state index in [1.807, 2.05) is 13.8 Å². The number of aliphatic hydroxyl groups excluding tert-OH is 1. The van der Waals surface area contributed by atoms with Crippen LogP contribution in [0.5, 0.6) is 0 Å². The highest BCUT2D eigenvalue weighted by Crippen LogP contribution is 2.28. The summed E-state index contributed by atoms with van der Waals surface area (Å²) in [4.78, 5) is 1.32. The zero-order chi connectivity index (χ0) is 15.6. The molecule has 122 valence electrons. The normalized spacial score (nSPS) is 13.2. The second-order valence-electron chi connectivity index (χ2n) is 5.43. The quantitative estimate of drug-likeness (QED) is 0.576. The maximum atomic E-state index is 12.6. The number of hydrogen-bond acceptors (Lipinski definition) is 3. The Balaban J connectivity index is 4.70. The van der Waals surface area contributed by atoms with Crippen molar-refractivity contribution in [2.45, 2.75) is 46.2 Å². The third kappa shape index (κ3) is 8.07. The molecule has 0 atom stereocenters. The summed E-state index contributed by atoms with van der Waals surface area (Å²) >= 11 is 0. The molecule has 0 saturated carbocycles. The van der Waals surface area contributed by atoms with Gasteiger partial charge in [-0.25, -0.2) is 0 Å². The second-order valence-corrected chi connectivity index (χ2v) is 5.43. The van der Waals surface area contributed by atoms with Gasteiger partial charge in [-0.1, -0.05) is 20.8 Å². The van der Waals surface area contributed by atoms with Gasteiger partial charge in [0, 0.05) is 19.6 Å². The van der Waals surface area contributed by atoms with Crippen LogP contribution in [0.3, 0.4) is 0 Å². The van der Waals surface area contributed by atoms with Gasteiger partial charge in [-0.05, 0) is 31.2 Å². The van der Waals surface area contributed by atoms with Crippen LogP contribution >= 0.6 is 0 Å². The Morgan fingerprint density at radius 2 is 1.65 bits per heavy atom. The van der Waals surface area contributed by atoms with E-state index in [1.165, 1.54) is 4.90 Å². The number of aliphatic hydroxyl groups is 1. The van der Waals surface area contributed by atoms with Gasteiger partial charge in [0.25, 0.3) is 0 Å². The van der Waals surface area contributed by atoms with Gasteiger partial charge in [0.1, 0.15) is 0 Å². The van der Waals surface area contributed by atoms with Crippen molar-refractivity contribution in [3.8, 4) is 0 Å². The Morgan fingerprint density at radius 1 is 1.05 bits per heavy atom. The average molecular weight is 298 g/mol. The number of hydrogen-bond donors (Lipinski definition) is 2. The molecule has 0 fully saturated rings. The van der Waals surface area contributed by atoms with Gasteiger partial charge in [-0.2, -0.15) is 13.2 Å². The third-order valence-electron chi connectivity index (χ3n) is 3.80. The molecule has 6 heteroatoms. The van der Waals surface area contributed by atoms with Crippen molar-refractivity contribution < 1.29 is 18.3 Å². The molecule has 0 aliphatic carbocycles. The highest BCUT2D eigenvalue weighted by molar-refractivity contribution is 4.83. The topological polar surface area (TPSA) is 35.5 Å². The lowest BCUT2D eigenvalue weighted by Gasteiger charge is -2.37. The van der Waals surface area contributed by atoms with Crippen molar-refractivity contribution in [2.75, 3.05) is 39.3 Å². The Kier molecular flexibility index (Phi) is 9.42. The van der Waals surface area contributed by atoms with Crippen LogP contribution in [0.2, 0.25) is 0 Å². The van der Waals surface area contributed by atoms with Crippen LogP contribution in [-0.4, -0.2) is 55.5 Å². The number of alkyl halides is 3. The van der Waals surface area contributed by atoms with Gasteiger partial charge in [0.05, 0.1) is 13.2 Å². The number of halogens is 3. The standard InChI is InChI=1S/C14H29F3N2O/c1-4-7-18-10-13(5-2,6-3)11-19(8-9-20)12-14(15,16)17/h18,20H,4-12H2,1-3H3. The van der Waals surface area contributed by atoms with Crippen LogP contribution < -0.4 is 5.32 Å². The van der Waals surface area contributed by atoms with E-state index in [0.717, 1.165) is 25.8 Å². The molecule has 0 saturated heterocycles. The first-order valence-electron chi connectivity index (χ1n) is 7.43. The molecule has 0 rings (SSSR count). The van der Waals surface area contributed by atoms with Crippen LogP contribution in [-0.2, 0) is 0 Å². The lowest BCUT2D eigenvalue weighted by molar-refractivity contribution is -0.150. The van der Waals surface area contributed by atoms with E-state index in [-0.39, 0.29) is 18.6 Å². The third-order valence-corrected chi connectivity index (χ3v) is 3.80. The summed E-state index contributed by atoms with van der Waals surface area (Å²) in [6, 6.07) is 0. The molecule has 0 aromatic heterocycles. The predicted octanol–water partition coefficient (Wildman–Crippen LogP) is 2.65. The molecule has 20 heavy (non-hydrogen) atoms. The molecule has 0 heterocycles. The first-order chi connectivity index (χ1) is 9.32. The zero-order valence-corrected chi connectivity index (χ0v) is 12.9. The maximum absolute atomic E-state index is 12.6. The summed E-state index contributed by atoms with van der Waals surface area (Å²) in [6.45, 7) is 6.91. The first kappa shape index (κ1) is 19.7. The SMILES string of the molecule is CCCNCC(CC)(CC)CN(CCO)CC(F)(F)F. The summed E-state index contributed by atoms with van der Waals surface area (Å²) in [7, 11) is 0. The van der Waals surface area contributed by atoms with E-state index >= 15 is 0 Å². The van der Waals surface area contributed by atoms with E-state index < -0.39 is 12.7 Å². The summed E-state index contributed by atoms with van der Waals surface area (Å²) < 4.78 is 37.7. The molecule has 0 aromatic rings. The monoisotopic (exact) mass is 298 g/mol. The smallest absolute Gasteiger partial charge is 0.395 e.